The Balaban J connectivity index is 1.57. The first-order valence-corrected chi connectivity index (χ1v) is 11.7. The van der Waals surface area contributed by atoms with Crippen molar-refractivity contribution in [2.24, 2.45) is 11.0 Å². The fourth-order valence-electron chi connectivity index (χ4n) is 4.65. The summed E-state index contributed by atoms with van der Waals surface area (Å²) >= 11 is 3.41. The molecule has 1 aliphatic heterocycles. The summed E-state index contributed by atoms with van der Waals surface area (Å²) in [6.07, 6.45) is 4.70. The Kier molecular flexibility index (Phi) is 5.94. The summed E-state index contributed by atoms with van der Waals surface area (Å²) in [5, 5.41) is 6.39. The van der Waals surface area contributed by atoms with E-state index >= 15 is 0 Å². The maximum absolute atomic E-state index is 13.6. The lowest BCUT2D eigenvalue weighted by Gasteiger charge is -2.29. The van der Waals surface area contributed by atoms with Crippen molar-refractivity contribution >= 4 is 33.6 Å². The van der Waals surface area contributed by atoms with E-state index in [1.807, 2.05) is 18.2 Å². The second-order valence-electron chi connectivity index (χ2n) is 8.36. The van der Waals surface area contributed by atoms with Crippen molar-refractivity contribution in [1.82, 2.24) is 5.01 Å². The molecule has 0 spiro atoms. The molecule has 1 heterocycles. The molecule has 3 aromatic rings. The van der Waals surface area contributed by atoms with Crippen LogP contribution in [0.15, 0.2) is 87.9 Å². The molecule has 3 nitrogen and oxygen atoms in total. The van der Waals surface area contributed by atoms with Crippen LogP contribution in [0.4, 0.5) is 8.78 Å². The van der Waals surface area contributed by atoms with Gasteiger partial charge in [0.2, 0.25) is 0 Å². The quantitative estimate of drug-likeness (QED) is 0.370. The number of rotatable bonds is 3. The summed E-state index contributed by atoms with van der Waals surface area (Å²) in [5.41, 5.74) is 4.22. The summed E-state index contributed by atoms with van der Waals surface area (Å²) in [6, 6.07) is 19.6. The minimum atomic E-state index is -0.316. The summed E-state index contributed by atoms with van der Waals surface area (Å²) in [4.78, 5) is 13.5. The van der Waals surface area contributed by atoms with Gasteiger partial charge < -0.3 is 0 Å². The van der Waals surface area contributed by atoms with Crippen LogP contribution in [0.25, 0.3) is 6.08 Å². The summed E-state index contributed by atoms with van der Waals surface area (Å²) in [6.45, 7) is 0. The van der Waals surface area contributed by atoms with E-state index in [0.717, 1.165) is 46.1 Å². The molecule has 0 N–H and O–H groups in total. The van der Waals surface area contributed by atoms with E-state index in [9.17, 15) is 13.6 Å². The molecule has 5 rings (SSSR count). The first-order valence-electron chi connectivity index (χ1n) is 10.9. The SMILES string of the molecule is O=C(c1ccc(Br)cc1)N1N=C2/C(=C/c3ccc(F)cc3)CCCC2C1c1ccc(F)cc1. The lowest BCUT2D eigenvalue weighted by Crippen LogP contribution is -2.31. The van der Waals surface area contributed by atoms with E-state index in [1.54, 1.807) is 41.4 Å². The number of fused-ring (bicyclic) bond motifs is 1. The topological polar surface area (TPSA) is 32.7 Å². The van der Waals surface area contributed by atoms with Gasteiger partial charge >= 0.3 is 0 Å². The molecule has 0 saturated heterocycles. The predicted octanol–water partition coefficient (Wildman–Crippen LogP) is 7.16. The normalized spacial score (nSPS) is 21.1. The molecule has 2 unspecified atom stereocenters. The number of hydrogen-bond acceptors (Lipinski definition) is 2. The van der Waals surface area contributed by atoms with Gasteiger partial charge in [0.05, 0.1) is 11.8 Å². The lowest BCUT2D eigenvalue weighted by atomic mass is 9.77. The van der Waals surface area contributed by atoms with Crippen LogP contribution >= 0.6 is 15.9 Å². The van der Waals surface area contributed by atoms with Gasteiger partial charge in [-0.1, -0.05) is 40.2 Å². The van der Waals surface area contributed by atoms with Crippen molar-refractivity contribution in [2.45, 2.75) is 25.3 Å². The minimum Gasteiger partial charge on any atom is -0.267 e. The van der Waals surface area contributed by atoms with Crippen molar-refractivity contribution in [3.63, 3.8) is 0 Å². The van der Waals surface area contributed by atoms with Crippen LogP contribution in [0.1, 0.15) is 46.8 Å². The Morgan fingerprint density at radius 1 is 0.939 bits per heavy atom. The number of carbonyl (C=O) groups excluding carboxylic acids is 1. The Bertz CT molecular complexity index is 1230. The zero-order valence-corrected chi connectivity index (χ0v) is 19.3. The molecular formula is C27H21BrF2N2O. The Morgan fingerprint density at radius 2 is 1.58 bits per heavy atom. The van der Waals surface area contributed by atoms with E-state index in [1.165, 1.54) is 24.3 Å². The van der Waals surface area contributed by atoms with E-state index in [4.69, 9.17) is 5.10 Å². The van der Waals surface area contributed by atoms with Gasteiger partial charge in [0, 0.05) is 16.0 Å². The molecule has 3 aromatic carbocycles. The molecule has 1 amide bonds. The molecule has 1 fully saturated rings. The second kappa shape index (κ2) is 9.02. The summed E-state index contributed by atoms with van der Waals surface area (Å²) in [7, 11) is 0. The van der Waals surface area contributed by atoms with E-state index in [-0.39, 0.29) is 29.5 Å². The molecule has 2 atom stereocenters. The highest BCUT2D eigenvalue weighted by molar-refractivity contribution is 9.10. The first-order chi connectivity index (χ1) is 16.0. The predicted molar refractivity (Wildman–Crippen MR) is 129 cm³/mol. The maximum atomic E-state index is 13.6. The highest BCUT2D eigenvalue weighted by Gasteiger charge is 2.43. The lowest BCUT2D eigenvalue weighted by molar-refractivity contribution is 0.0681. The van der Waals surface area contributed by atoms with Crippen molar-refractivity contribution in [2.75, 3.05) is 0 Å². The maximum Gasteiger partial charge on any atom is 0.274 e. The van der Waals surface area contributed by atoms with Gasteiger partial charge in [-0.25, -0.2) is 13.8 Å². The number of allylic oxidation sites excluding steroid dienone is 1. The van der Waals surface area contributed by atoms with Crippen molar-refractivity contribution in [1.29, 1.82) is 0 Å². The van der Waals surface area contributed by atoms with Gasteiger partial charge in [0.15, 0.2) is 0 Å². The third-order valence-corrected chi connectivity index (χ3v) is 6.75. The molecule has 0 aromatic heterocycles. The van der Waals surface area contributed by atoms with Crippen molar-refractivity contribution < 1.29 is 13.6 Å². The number of benzene rings is 3. The monoisotopic (exact) mass is 506 g/mol. The highest BCUT2D eigenvalue weighted by atomic mass is 79.9. The van der Waals surface area contributed by atoms with Gasteiger partial charge in [-0.05, 0) is 90.6 Å². The van der Waals surface area contributed by atoms with Crippen LogP contribution in [-0.4, -0.2) is 16.6 Å². The Hall–Kier alpha value is -3.12. The number of carbonyl (C=O) groups is 1. The zero-order chi connectivity index (χ0) is 22.9. The van der Waals surface area contributed by atoms with Crippen LogP contribution in [0.3, 0.4) is 0 Å². The standard InChI is InChI=1S/C27H21BrF2N2O/c28-21-10-6-19(7-11-21)27(33)32-26(18-8-14-23(30)15-9-18)24-3-1-2-20(25(24)31-32)16-17-4-12-22(29)13-5-17/h4-16,24,26H,1-3H2/b20-16+. The number of hydrogen-bond donors (Lipinski definition) is 0. The van der Waals surface area contributed by atoms with Crippen LogP contribution in [-0.2, 0) is 0 Å². The molecule has 6 heteroatoms. The smallest absolute Gasteiger partial charge is 0.267 e. The molecule has 0 radical (unpaired) electrons. The average Bonchev–Trinajstić information content (AvgIpc) is 3.22. The summed E-state index contributed by atoms with van der Waals surface area (Å²) < 4.78 is 27.9. The van der Waals surface area contributed by atoms with Crippen LogP contribution < -0.4 is 0 Å². The Labute approximate surface area is 199 Å². The molecule has 0 bridgehead atoms. The zero-order valence-electron chi connectivity index (χ0n) is 17.7. The van der Waals surface area contributed by atoms with Crippen LogP contribution in [0.5, 0.6) is 0 Å². The highest BCUT2D eigenvalue weighted by Crippen LogP contribution is 2.45. The number of amides is 1. The van der Waals surface area contributed by atoms with Gasteiger partial charge in [-0.3, -0.25) is 4.79 Å². The van der Waals surface area contributed by atoms with Gasteiger partial charge in [0.1, 0.15) is 11.6 Å². The number of hydrazone groups is 1. The molecule has 166 valence electrons. The molecule has 33 heavy (non-hydrogen) atoms. The fourth-order valence-corrected chi connectivity index (χ4v) is 4.91. The minimum absolute atomic E-state index is 0.00954. The first kappa shape index (κ1) is 21.7. The average molecular weight is 507 g/mol. The van der Waals surface area contributed by atoms with Gasteiger partial charge in [0.25, 0.3) is 5.91 Å². The molecular weight excluding hydrogens is 486 g/mol. The third kappa shape index (κ3) is 4.40. The molecule has 2 aliphatic rings. The van der Waals surface area contributed by atoms with Crippen LogP contribution in [0, 0.1) is 17.6 Å². The van der Waals surface area contributed by atoms with Crippen molar-refractivity contribution in [3.05, 3.63) is 111 Å². The fraction of sp³-hybridized carbons (Fsp3) is 0.185. The van der Waals surface area contributed by atoms with Crippen LogP contribution in [0.2, 0.25) is 0 Å². The second-order valence-corrected chi connectivity index (χ2v) is 9.27. The third-order valence-electron chi connectivity index (χ3n) is 6.22. The van der Waals surface area contributed by atoms with Crippen molar-refractivity contribution in [3.8, 4) is 0 Å². The van der Waals surface area contributed by atoms with E-state index in [2.05, 4.69) is 15.9 Å². The van der Waals surface area contributed by atoms with Gasteiger partial charge in [-0.2, -0.15) is 5.10 Å². The van der Waals surface area contributed by atoms with E-state index in [0.29, 0.717) is 5.56 Å². The Morgan fingerprint density at radius 3 is 2.24 bits per heavy atom. The summed E-state index contributed by atoms with van der Waals surface area (Å²) in [5.74, 6) is -0.779. The largest absolute Gasteiger partial charge is 0.274 e. The number of nitrogens with zero attached hydrogens (tertiary/aromatic N) is 2. The van der Waals surface area contributed by atoms with E-state index < -0.39 is 0 Å². The molecule has 1 saturated carbocycles. The number of halogens is 3. The van der Waals surface area contributed by atoms with Gasteiger partial charge in [-0.15, -0.1) is 0 Å². The molecule has 1 aliphatic carbocycles.